The van der Waals surface area contributed by atoms with Crippen LogP contribution in [0.1, 0.15) is 53.7 Å². The number of imide groups is 1. The summed E-state index contributed by atoms with van der Waals surface area (Å²) in [5, 5.41) is 10.9. The van der Waals surface area contributed by atoms with E-state index in [1.54, 1.807) is 15.6 Å². The third-order valence-corrected chi connectivity index (χ3v) is 6.15. The van der Waals surface area contributed by atoms with E-state index in [0.29, 0.717) is 18.5 Å². The van der Waals surface area contributed by atoms with Crippen molar-refractivity contribution in [2.45, 2.75) is 51.2 Å². The Hall–Kier alpha value is -3.07. The number of aromatic nitrogens is 3. The van der Waals surface area contributed by atoms with Crippen molar-refractivity contribution in [3.05, 3.63) is 41.2 Å². The minimum absolute atomic E-state index is 0.171. The molecule has 4 heterocycles. The summed E-state index contributed by atoms with van der Waals surface area (Å²) in [7, 11) is 0. The van der Waals surface area contributed by atoms with Crippen LogP contribution in [0.5, 0.6) is 0 Å². The maximum Gasteiger partial charge on any atom is 0.255 e. The molecule has 30 heavy (non-hydrogen) atoms. The molecule has 3 aliphatic rings. The molecular weight excluding hydrogens is 384 g/mol. The van der Waals surface area contributed by atoms with Gasteiger partial charge in [0, 0.05) is 25.1 Å². The lowest BCUT2D eigenvalue weighted by atomic mass is 10.0. The third-order valence-electron chi connectivity index (χ3n) is 6.15. The molecule has 2 saturated heterocycles. The van der Waals surface area contributed by atoms with E-state index in [9.17, 15) is 14.4 Å². The minimum Gasteiger partial charge on any atom is -0.322 e. The molecule has 1 N–H and O–H groups in total. The minimum atomic E-state index is -0.603. The number of nitrogens with one attached hydrogen (secondary N) is 1. The van der Waals surface area contributed by atoms with Crippen LogP contribution in [0.2, 0.25) is 0 Å². The van der Waals surface area contributed by atoms with Gasteiger partial charge in [-0.05, 0) is 56.1 Å². The van der Waals surface area contributed by atoms with Crippen LogP contribution in [0.25, 0.3) is 5.69 Å². The maximum atomic E-state index is 12.8. The van der Waals surface area contributed by atoms with E-state index in [2.05, 4.69) is 20.5 Å². The molecule has 3 aliphatic heterocycles. The molecule has 0 saturated carbocycles. The average Bonchev–Trinajstić information content (AvgIpc) is 3.33. The number of carbonyl (C=O) groups excluding carboxylic acids is 3. The van der Waals surface area contributed by atoms with Gasteiger partial charge < -0.3 is 4.90 Å². The Balaban J connectivity index is 1.32. The Morgan fingerprint density at radius 3 is 2.73 bits per heavy atom. The van der Waals surface area contributed by atoms with Gasteiger partial charge in [0.2, 0.25) is 11.8 Å². The van der Waals surface area contributed by atoms with Crippen LogP contribution in [0, 0.1) is 0 Å². The van der Waals surface area contributed by atoms with Crippen LogP contribution in [0.15, 0.2) is 24.4 Å². The van der Waals surface area contributed by atoms with Gasteiger partial charge in [0.1, 0.15) is 6.04 Å². The summed E-state index contributed by atoms with van der Waals surface area (Å²) >= 11 is 0. The third kappa shape index (κ3) is 3.49. The SMILES string of the molecule is O=C1CCC(N2Cc3cc(-n4cc(CN5CCCCC5)nn4)ccc3C2=O)C(=O)N1. The zero-order valence-corrected chi connectivity index (χ0v) is 16.7. The lowest BCUT2D eigenvalue weighted by molar-refractivity contribution is -0.136. The number of nitrogens with zero attached hydrogens (tertiary/aromatic N) is 5. The van der Waals surface area contributed by atoms with Gasteiger partial charge in [0.05, 0.1) is 17.6 Å². The standard InChI is InChI=1S/C21H24N6O3/c28-19-7-6-18(20(29)22-19)26-11-14-10-16(4-5-17(14)21(26)30)27-13-15(23-24-27)12-25-8-2-1-3-9-25/h4-5,10,13,18H,1-3,6-9,11-12H2,(H,22,28,29). The fraction of sp³-hybridized carbons (Fsp3) is 0.476. The van der Waals surface area contributed by atoms with E-state index >= 15 is 0 Å². The van der Waals surface area contributed by atoms with Gasteiger partial charge >= 0.3 is 0 Å². The van der Waals surface area contributed by atoms with Gasteiger partial charge in [-0.3, -0.25) is 24.6 Å². The molecule has 0 spiro atoms. The van der Waals surface area contributed by atoms with Crippen LogP contribution in [-0.2, 0) is 22.7 Å². The smallest absolute Gasteiger partial charge is 0.255 e. The van der Waals surface area contributed by atoms with E-state index in [4.69, 9.17) is 0 Å². The zero-order chi connectivity index (χ0) is 20.7. The molecule has 1 aromatic carbocycles. The highest BCUT2D eigenvalue weighted by molar-refractivity contribution is 6.05. The van der Waals surface area contributed by atoms with E-state index < -0.39 is 11.9 Å². The first-order valence-electron chi connectivity index (χ1n) is 10.5. The van der Waals surface area contributed by atoms with Crippen LogP contribution >= 0.6 is 0 Å². The molecule has 2 fully saturated rings. The van der Waals surface area contributed by atoms with Gasteiger partial charge in [0.25, 0.3) is 5.91 Å². The second-order valence-corrected chi connectivity index (χ2v) is 8.23. The second kappa shape index (κ2) is 7.64. The molecule has 3 amide bonds. The molecular formula is C21H24N6O3. The fourth-order valence-electron chi connectivity index (χ4n) is 4.55. The van der Waals surface area contributed by atoms with Crippen LogP contribution in [0.3, 0.4) is 0 Å². The van der Waals surface area contributed by atoms with Crippen molar-refractivity contribution >= 4 is 17.7 Å². The number of hydrogen-bond donors (Lipinski definition) is 1. The molecule has 0 bridgehead atoms. The number of hydrogen-bond acceptors (Lipinski definition) is 6. The number of rotatable bonds is 4. The second-order valence-electron chi connectivity index (χ2n) is 8.23. The predicted molar refractivity (Wildman–Crippen MR) is 107 cm³/mol. The molecule has 156 valence electrons. The Morgan fingerprint density at radius 1 is 1.10 bits per heavy atom. The molecule has 5 rings (SSSR count). The molecule has 1 aromatic heterocycles. The highest BCUT2D eigenvalue weighted by Gasteiger charge is 2.39. The van der Waals surface area contributed by atoms with Crippen molar-refractivity contribution in [1.29, 1.82) is 0 Å². The van der Waals surface area contributed by atoms with Crippen LogP contribution in [0.4, 0.5) is 0 Å². The van der Waals surface area contributed by atoms with Crippen molar-refractivity contribution in [3.63, 3.8) is 0 Å². The molecule has 1 unspecified atom stereocenters. The van der Waals surface area contributed by atoms with Crippen LogP contribution < -0.4 is 5.32 Å². The van der Waals surface area contributed by atoms with E-state index in [1.165, 1.54) is 19.3 Å². The summed E-state index contributed by atoms with van der Waals surface area (Å²) in [4.78, 5) is 40.4. The van der Waals surface area contributed by atoms with Gasteiger partial charge in [-0.25, -0.2) is 4.68 Å². The Labute approximate surface area is 174 Å². The van der Waals surface area contributed by atoms with Crippen molar-refractivity contribution in [2.75, 3.05) is 13.1 Å². The molecule has 0 radical (unpaired) electrons. The summed E-state index contributed by atoms with van der Waals surface area (Å²) in [5.74, 6) is -0.851. The molecule has 9 nitrogen and oxygen atoms in total. The van der Waals surface area contributed by atoms with Gasteiger partial charge in [-0.15, -0.1) is 5.10 Å². The maximum absolute atomic E-state index is 12.8. The van der Waals surface area contributed by atoms with E-state index in [0.717, 1.165) is 36.6 Å². The molecule has 9 heteroatoms. The molecule has 1 atom stereocenters. The van der Waals surface area contributed by atoms with E-state index in [1.807, 2.05) is 18.3 Å². The highest BCUT2D eigenvalue weighted by atomic mass is 16.2. The first-order valence-corrected chi connectivity index (χ1v) is 10.5. The Morgan fingerprint density at radius 2 is 1.93 bits per heavy atom. The normalized spacial score (nSPS) is 22.3. The predicted octanol–water partition coefficient (Wildman–Crippen LogP) is 1.01. The van der Waals surface area contributed by atoms with Gasteiger partial charge in [0.15, 0.2) is 0 Å². The first kappa shape index (κ1) is 18.9. The molecule has 0 aliphatic carbocycles. The van der Waals surface area contributed by atoms with E-state index in [-0.39, 0.29) is 18.2 Å². The Kier molecular flexibility index (Phi) is 4.82. The number of benzene rings is 1. The van der Waals surface area contributed by atoms with Gasteiger partial charge in [-0.2, -0.15) is 0 Å². The highest BCUT2D eigenvalue weighted by Crippen LogP contribution is 2.29. The first-order chi connectivity index (χ1) is 14.6. The lowest BCUT2D eigenvalue weighted by Crippen LogP contribution is -2.52. The lowest BCUT2D eigenvalue weighted by Gasteiger charge is -2.29. The average molecular weight is 408 g/mol. The number of fused-ring (bicyclic) bond motifs is 1. The number of amides is 3. The van der Waals surface area contributed by atoms with Crippen LogP contribution in [-0.4, -0.2) is 61.6 Å². The quantitative estimate of drug-likeness (QED) is 0.758. The van der Waals surface area contributed by atoms with Gasteiger partial charge in [-0.1, -0.05) is 11.6 Å². The number of likely N-dealkylation sites (tertiary alicyclic amines) is 1. The molecule has 2 aromatic rings. The monoisotopic (exact) mass is 408 g/mol. The van der Waals surface area contributed by atoms with Crippen molar-refractivity contribution in [3.8, 4) is 5.69 Å². The van der Waals surface area contributed by atoms with Crippen molar-refractivity contribution in [1.82, 2.24) is 30.1 Å². The Bertz CT molecular complexity index is 1010. The van der Waals surface area contributed by atoms with Crippen molar-refractivity contribution < 1.29 is 14.4 Å². The summed E-state index contributed by atoms with van der Waals surface area (Å²) in [6, 6.07) is 4.96. The number of piperidine rings is 2. The summed E-state index contributed by atoms with van der Waals surface area (Å²) < 4.78 is 1.73. The summed E-state index contributed by atoms with van der Waals surface area (Å²) in [6.45, 7) is 3.35. The fourth-order valence-corrected chi connectivity index (χ4v) is 4.55. The zero-order valence-electron chi connectivity index (χ0n) is 16.7. The number of carbonyl (C=O) groups is 3. The summed E-state index contributed by atoms with van der Waals surface area (Å²) in [6.07, 6.45) is 6.31. The topological polar surface area (TPSA) is 100 Å². The summed E-state index contributed by atoms with van der Waals surface area (Å²) in [5.41, 5.74) is 3.22. The largest absolute Gasteiger partial charge is 0.322 e. The van der Waals surface area contributed by atoms with Crippen molar-refractivity contribution in [2.24, 2.45) is 0 Å².